The second-order valence-corrected chi connectivity index (χ2v) is 7.14. The number of likely N-dealkylation sites (tertiary alicyclic amines) is 1. The van der Waals surface area contributed by atoms with Crippen LogP contribution in [0.5, 0.6) is 5.75 Å². The lowest BCUT2D eigenvalue weighted by molar-refractivity contribution is -0.123. The molecule has 1 aromatic heterocycles. The van der Waals surface area contributed by atoms with E-state index in [9.17, 15) is 9.59 Å². The van der Waals surface area contributed by atoms with Gasteiger partial charge in [0.1, 0.15) is 23.1 Å². The number of hydrogen-bond acceptors (Lipinski definition) is 5. The molecular weight excluding hydrogens is 338 g/mol. The van der Waals surface area contributed by atoms with Gasteiger partial charge < -0.3 is 15.4 Å². The summed E-state index contributed by atoms with van der Waals surface area (Å²) < 4.78 is 5.70. The molecule has 3 rings (SSSR count). The van der Waals surface area contributed by atoms with Crippen molar-refractivity contribution in [1.82, 2.24) is 9.88 Å². The third-order valence-corrected chi connectivity index (χ3v) is 5.16. The van der Waals surface area contributed by atoms with Crippen molar-refractivity contribution in [2.75, 3.05) is 13.1 Å². The molecule has 7 heteroatoms. The van der Waals surface area contributed by atoms with Crippen molar-refractivity contribution in [3.63, 3.8) is 0 Å². The van der Waals surface area contributed by atoms with Gasteiger partial charge in [0, 0.05) is 24.4 Å². The van der Waals surface area contributed by atoms with Crippen LogP contribution in [0.3, 0.4) is 0 Å². The SMILES string of the molecule is Cc1ccc(OCc2nc(C(=O)N3CCC(C(N)=O)CC3)cs2)cc1. The minimum Gasteiger partial charge on any atom is -0.486 e. The van der Waals surface area contributed by atoms with Gasteiger partial charge in [0.15, 0.2) is 0 Å². The molecule has 1 aliphatic rings. The molecule has 2 amide bonds. The Kier molecular flexibility index (Phi) is 5.33. The normalized spacial score (nSPS) is 15.2. The van der Waals surface area contributed by atoms with Crippen molar-refractivity contribution in [2.24, 2.45) is 11.7 Å². The zero-order chi connectivity index (χ0) is 17.8. The number of amides is 2. The minimum atomic E-state index is -0.281. The zero-order valence-electron chi connectivity index (χ0n) is 14.1. The van der Waals surface area contributed by atoms with Crippen LogP contribution in [0.2, 0.25) is 0 Å². The summed E-state index contributed by atoms with van der Waals surface area (Å²) in [5.41, 5.74) is 6.94. The second kappa shape index (κ2) is 7.65. The van der Waals surface area contributed by atoms with E-state index >= 15 is 0 Å². The Morgan fingerprint density at radius 2 is 1.96 bits per heavy atom. The number of carbonyl (C=O) groups excluding carboxylic acids is 2. The lowest BCUT2D eigenvalue weighted by Crippen LogP contribution is -2.41. The highest BCUT2D eigenvalue weighted by molar-refractivity contribution is 7.09. The van der Waals surface area contributed by atoms with Crippen LogP contribution in [-0.2, 0) is 11.4 Å². The predicted molar refractivity (Wildman–Crippen MR) is 95.4 cm³/mol. The summed E-state index contributed by atoms with van der Waals surface area (Å²) in [6.07, 6.45) is 1.24. The molecule has 1 aromatic carbocycles. The smallest absolute Gasteiger partial charge is 0.273 e. The second-order valence-electron chi connectivity index (χ2n) is 6.20. The largest absolute Gasteiger partial charge is 0.486 e. The van der Waals surface area contributed by atoms with E-state index in [1.54, 1.807) is 10.3 Å². The summed E-state index contributed by atoms with van der Waals surface area (Å²) in [4.78, 5) is 29.8. The van der Waals surface area contributed by atoms with Gasteiger partial charge in [-0.2, -0.15) is 0 Å². The monoisotopic (exact) mass is 359 g/mol. The van der Waals surface area contributed by atoms with Crippen LogP contribution in [0.4, 0.5) is 0 Å². The van der Waals surface area contributed by atoms with E-state index in [0.717, 1.165) is 10.8 Å². The lowest BCUT2D eigenvalue weighted by Gasteiger charge is -2.30. The van der Waals surface area contributed by atoms with Crippen molar-refractivity contribution >= 4 is 23.2 Å². The Bertz CT molecular complexity index is 749. The van der Waals surface area contributed by atoms with E-state index in [4.69, 9.17) is 10.5 Å². The molecule has 1 aliphatic heterocycles. The Balaban J connectivity index is 1.55. The third kappa shape index (κ3) is 4.36. The van der Waals surface area contributed by atoms with Crippen LogP contribution in [-0.4, -0.2) is 34.8 Å². The first kappa shape index (κ1) is 17.4. The van der Waals surface area contributed by atoms with E-state index in [-0.39, 0.29) is 17.7 Å². The molecule has 132 valence electrons. The fourth-order valence-electron chi connectivity index (χ4n) is 2.78. The molecule has 0 unspecified atom stereocenters. The predicted octanol–water partition coefficient (Wildman–Crippen LogP) is 2.37. The maximum absolute atomic E-state index is 12.5. The standard InChI is InChI=1S/C18H21N3O3S/c1-12-2-4-14(5-3-12)24-10-16-20-15(11-25-16)18(23)21-8-6-13(7-9-21)17(19)22/h2-5,11,13H,6-10H2,1H3,(H2,19,22). The minimum absolute atomic E-state index is 0.0965. The summed E-state index contributed by atoms with van der Waals surface area (Å²) in [6, 6.07) is 7.81. The van der Waals surface area contributed by atoms with Crippen LogP contribution < -0.4 is 10.5 Å². The van der Waals surface area contributed by atoms with Crippen LogP contribution in [0, 0.1) is 12.8 Å². The topological polar surface area (TPSA) is 85.5 Å². The number of benzene rings is 1. The number of nitrogens with two attached hydrogens (primary N) is 1. The Morgan fingerprint density at radius 1 is 1.28 bits per heavy atom. The number of rotatable bonds is 5. The number of thiazole rings is 1. The molecule has 2 heterocycles. The molecule has 6 nitrogen and oxygen atoms in total. The molecule has 2 aromatic rings. The molecule has 0 radical (unpaired) electrons. The fraction of sp³-hybridized carbons (Fsp3) is 0.389. The van der Waals surface area contributed by atoms with E-state index in [1.165, 1.54) is 16.9 Å². The van der Waals surface area contributed by atoms with E-state index in [1.807, 2.05) is 31.2 Å². The van der Waals surface area contributed by atoms with Gasteiger partial charge in [-0.05, 0) is 31.9 Å². The van der Waals surface area contributed by atoms with Gasteiger partial charge >= 0.3 is 0 Å². The molecule has 0 spiro atoms. The first-order chi connectivity index (χ1) is 12.0. The number of hydrogen-bond donors (Lipinski definition) is 1. The molecular formula is C18H21N3O3S. The van der Waals surface area contributed by atoms with Gasteiger partial charge in [-0.3, -0.25) is 9.59 Å². The molecule has 1 saturated heterocycles. The first-order valence-corrected chi connectivity index (χ1v) is 9.13. The highest BCUT2D eigenvalue weighted by Gasteiger charge is 2.27. The summed E-state index contributed by atoms with van der Waals surface area (Å²) in [5, 5.41) is 2.52. The number of carbonyl (C=O) groups is 2. The van der Waals surface area contributed by atoms with E-state index < -0.39 is 0 Å². The third-order valence-electron chi connectivity index (χ3n) is 4.34. The van der Waals surface area contributed by atoms with Crippen molar-refractivity contribution < 1.29 is 14.3 Å². The van der Waals surface area contributed by atoms with Crippen LogP contribution >= 0.6 is 11.3 Å². The quantitative estimate of drug-likeness (QED) is 0.888. The van der Waals surface area contributed by atoms with Gasteiger partial charge in [0.2, 0.25) is 5.91 Å². The van der Waals surface area contributed by atoms with Gasteiger partial charge in [-0.25, -0.2) is 4.98 Å². The number of ether oxygens (including phenoxy) is 1. The Hall–Kier alpha value is -2.41. The van der Waals surface area contributed by atoms with Crippen LogP contribution in [0.1, 0.15) is 33.9 Å². The highest BCUT2D eigenvalue weighted by Crippen LogP contribution is 2.20. The number of piperidine rings is 1. The van der Waals surface area contributed by atoms with Crippen molar-refractivity contribution in [3.8, 4) is 5.75 Å². The van der Waals surface area contributed by atoms with Crippen LogP contribution in [0.15, 0.2) is 29.6 Å². The highest BCUT2D eigenvalue weighted by atomic mass is 32.1. The number of aryl methyl sites for hydroxylation is 1. The van der Waals surface area contributed by atoms with Crippen molar-refractivity contribution in [1.29, 1.82) is 0 Å². The van der Waals surface area contributed by atoms with Crippen LogP contribution in [0.25, 0.3) is 0 Å². The summed E-state index contributed by atoms with van der Waals surface area (Å²) in [5.74, 6) is 0.275. The molecule has 2 N–H and O–H groups in total. The summed E-state index contributed by atoms with van der Waals surface area (Å²) >= 11 is 1.41. The molecule has 25 heavy (non-hydrogen) atoms. The molecule has 0 bridgehead atoms. The van der Waals surface area contributed by atoms with Gasteiger partial charge in [0.25, 0.3) is 5.91 Å². The Labute approximate surface area is 150 Å². The van der Waals surface area contributed by atoms with E-state index in [2.05, 4.69) is 4.98 Å². The van der Waals surface area contributed by atoms with Gasteiger partial charge in [-0.15, -0.1) is 11.3 Å². The summed E-state index contributed by atoms with van der Waals surface area (Å²) in [7, 11) is 0. The number of primary amides is 1. The fourth-order valence-corrected chi connectivity index (χ4v) is 3.46. The van der Waals surface area contributed by atoms with Crippen molar-refractivity contribution in [3.05, 3.63) is 45.9 Å². The maximum Gasteiger partial charge on any atom is 0.273 e. The number of nitrogens with zero attached hydrogens (tertiary/aromatic N) is 2. The average Bonchev–Trinajstić information content (AvgIpc) is 3.10. The maximum atomic E-state index is 12.5. The summed E-state index contributed by atoms with van der Waals surface area (Å²) in [6.45, 7) is 3.44. The molecule has 1 fully saturated rings. The van der Waals surface area contributed by atoms with Gasteiger partial charge in [-0.1, -0.05) is 17.7 Å². The Morgan fingerprint density at radius 3 is 2.60 bits per heavy atom. The zero-order valence-corrected chi connectivity index (χ0v) is 14.9. The molecule has 0 aliphatic carbocycles. The molecule has 0 saturated carbocycles. The lowest BCUT2D eigenvalue weighted by atomic mass is 9.96. The number of aromatic nitrogens is 1. The molecule has 0 atom stereocenters. The van der Waals surface area contributed by atoms with Crippen molar-refractivity contribution in [2.45, 2.75) is 26.4 Å². The average molecular weight is 359 g/mol. The van der Waals surface area contributed by atoms with E-state index in [0.29, 0.717) is 38.2 Å². The van der Waals surface area contributed by atoms with Gasteiger partial charge in [0.05, 0.1) is 0 Å². The first-order valence-electron chi connectivity index (χ1n) is 8.25.